The van der Waals surface area contributed by atoms with Crippen LogP contribution in [0.2, 0.25) is 0 Å². The maximum Gasteiger partial charge on any atom is 0.135 e. The average Bonchev–Trinajstić information content (AvgIpc) is 3.67. The molecular weight excluding hydrogens is 496 g/mol. The summed E-state index contributed by atoms with van der Waals surface area (Å²) in [6.45, 7) is 0. The molecule has 0 amide bonds. The maximum atomic E-state index is 9.72. The zero-order valence-corrected chi connectivity index (χ0v) is 20.5. The van der Waals surface area contributed by atoms with Crippen LogP contribution in [-0.2, 0) is 0 Å². The van der Waals surface area contributed by atoms with Crippen molar-refractivity contribution in [2.45, 2.75) is 0 Å². The van der Waals surface area contributed by atoms with Gasteiger partial charge in [0, 0.05) is 10.8 Å². The molecule has 1 heteroatoms. The molecular formula is C40H24O. The van der Waals surface area contributed by atoms with Crippen LogP contribution >= 0.6 is 0 Å². The van der Waals surface area contributed by atoms with Gasteiger partial charge in [0.1, 0.15) is 11.2 Å². The zero-order valence-electron chi connectivity index (χ0n) is 43.5. The Labute approximate surface area is 269 Å². The van der Waals surface area contributed by atoms with Crippen LogP contribution < -0.4 is 0 Å². The quantitative estimate of drug-likeness (QED) is 0.156. The minimum Gasteiger partial charge on any atom is -0.456 e. The molecule has 0 saturated carbocycles. The van der Waals surface area contributed by atoms with E-state index >= 15 is 0 Å². The summed E-state index contributed by atoms with van der Waals surface area (Å²) < 4.78 is 211. The van der Waals surface area contributed by atoms with Crippen molar-refractivity contribution in [3.63, 3.8) is 0 Å². The molecule has 0 aliphatic rings. The van der Waals surface area contributed by atoms with Gasteiger partial charge in [-0.3, -0.25) is 0 Å². The van der Waals surface area contributed by atoms with Crippen LogP contribution in [0.1, 0.15) is 31.5 Å². The number of para-hydroxylation sites is 1. The van der Waals surface area contributed by atoms with Crippen molar-refractivity contribution < 1.29 is 35.9 Å². The first kappa shape index (κ1) is 9.61. The molecule has 1 aromatic heterocycles. The summed E-state index contributed by atoms with van der Waals surface area (Å²) in [7, 11) is 0. The third-order valence-corrected chi connectivity index (χ3v) is 6.90. The highest BCUT2D eigenvalue weighted by molar-refractivity contribution is 6.23. The van der Waals surface area contributed by atoms with E-state index in [4.69, 9.17) is 23.6 Å². The van der Waals surface area contributed by atoms with E-state index in [2.05, 4.69) is 0 Å². The third-order valence-electron chi connectivity index (χ3n) is 6.90. The second kappa shape index (κ2) is 8.55. The first-order valence-electron chi connectivity index (χ1n) is 23.7. The standard InChI is InChI=1S/C40H24O/c1-2-10-29-25(9-1)17-18-26-19-20-27(23-35(26)29)39-31-12-3-5-14-33(31)40(34-15-6-4-13-32(34)39)28-21-22-38-36(24-28)30-11-7-8-16-37(30)41-38/h1-24H/i1D,2D,3D,4D,5D,6D,7D,8D,9D,11D,12D,13D,14D,15D,16D,17D,18D,19D,20D,21D,22D,23D,24D. The highest BCUT2D eigenvalue weighted by atomic mass is 16.3. The van der Waals surface area contributed by atoms with E-state index < -0.39 is 205 Å². The van der Waals surface area contributed by atoms with Crippen LogP contribution in [0.15, 0.2) is 149 Å². The lowest BCUT2D eigenvalue weighted by Gasteiger charge is -2.18. The smallest absolute Gasteiger partial charge is 0.135 e. The first-order valence-corrected chi connectivity index (χ1v) is 12.2. The largest absolute Gasteiger partial charge is 0.456 e. The second-order valence-corrected chi connectivity index (χ2v) is 9.09. The Morgan fingerprint density at radius 3 is 1.54 bits per heavy atom. The van der Waals surface area contributed by atoms with Crippen molar-refractivity contribution >= 4 is 65.0 Å². The molecule has 9 aromatic rings. The number of hydrogen-bond donors (Lipinski definition) is 0. The summed E-state index contributed by atoms with van der Waals surface area (Å²) in [5.74, 6) is 0. The second-order valence-electron chi connectivity index (χ2n) is 9.09. The van der Waals surface area contributed by atoms with Gasteiger partial charge in [-0.15, -0.1) is 0 Å². The van der Waals surface area contributed by atoms with Crippen LogP contribution in [0.3, 0.4) is 0 Å². The molecule has 9 rings (SSSR count). The van der Waals surface area contributed by atoms with E-state index in [1.54, 1.807) is 0 Å². The monoisotopic (exact) mass is 543 g/mol. The number of furan rings is 1. The van der Waals surface area contributed by atoms with Crippen LogP contribution in [0.4, 0.5) is 0 Å². The van der Waals surface area contributed by atoms with Crippen LogP contribution in [0.25, 0.3) is 87.3 Å². The van der Waals surface area contributed by atoms with Gasteiger partial charge in [-0.05, 0) is 89.5 Å². The number of hydrogen-bond acceptors (Lipinski definition) is 1. The third kappa shape index (κ3) is 3.30. The first-order chi connectivity index (χ1) is 29.9. The van der Waals surface area contributed by atoms with Gasteiger partial charge in [0.2, 0.25) is 0 Å². The molecule has 1 heterocycles. The zero-order chi connectivity index (χ0) is 46.9. The van der Waals surface area contributed by atoms with E-state index in [0.717, 1.165) is 6.07 Å². The van der Waals surface area contributed by atoms with Gasteiger partial charge in [0.05, 0.1) is 31.5 Å². The summed E-state index contributed by atoms with van der Waals surface area (Å²) >= 11 is 0. The van der Waals surface area contributed by atoms with E-state index in [-0.39, 0.29) is 21.5 Å². The molecule has 0 spiro atoms. The molecule has 8 aromatic carbocycles. The van der Waals surface area contributed by atoms with Crippen molar-refractivity contribution in [3.05, 3.63) is 145 Å². The molecule has 0 saturated heterocycles. The van der Waals surface area contributed by atoms with Crippen molar-refractivity contribution in [2.24, 2.45) is 0 Å². The highest BCUT2D eigenvalue weighted by Gasteiger charge is 2.18. The predicted molar refractivity (Wildman–Crippen MR) is 175 cm³/mol. The fourth-order valence-electron chi connectivity index (χ4n) is 5.15. The molecule has 0 aliphatic heterocycles. The normalized spacial score (nSPS) is 19.8. The molecule has 0 atom stereocenters. The number of benzene rings is 8. The van der Waals surface area contributed by atoms with Gasteiger partial charge in [0.15, 0.2) is 0 Å². The Morgan fingerprint density at radius 1 is 0.366 bits per heavy atom. The van der Waals surface area contributed by atoms with Gasteiger partial charge >= 0.3 is 0 Å². The Morgan fingerprint density at radius 2 is 0.854 bits per heavy atom. The minimum atomic E-state index is -0.918. The Hall–Kier alpha value is -5.40. The molecule has 0 unspecified atom stereocenters. The van der Waals surface area contributed by atoms with Gasteiger partial charge in [-0.25, -0.2) is 0 Å². The van der Waals surface area contributed by atoms with Crippen LogP contribution in [-0.4, -0.2) is 0 Å². The lowest BCUT2D eigenvalue weighted by atomic mass is 9.85. The molecule has 190 valence electrons. The molecule has 1 nitrogen and oxygen atoms in total. The number of fused-ring (bicyclic) bond motifs is 8. The summed E-state index contributed by atoms with van der Waals surface area (Å²) in [6, 6.07) is -17.2. The Balaban J connectivity index is 1.64. The number of rotatable bonds is 2. The Kier molecular flexibility index (Phi) is 2.00. The predicted octanol–water partition coefficient (Wildman–Crippen LogP) is 11.5. The van der Waals surface area contributed by atoms with Crippen molar-refractivity contribution in [1.82, 2.24) is 0 Å². The lowest BCUT2D eigenvalue weighted by Crippen LogP contribution is -1.91. The lowest BCUT2D eigenvalue weighted by molar-refractivity contribution is 0.669. The van der Waals surface area contributed by atoms with Crippen LogP contribution in [0.5, 0.6) is 0 Å². The van der Waals surface area contributed by atoms with Crippen molar-refractivity contribution in [1.29, 1.82) is 0 Å². The van der Waals surface area contributed by atoms with Crippen LogP contribution in [0, 0.1) is 0 Å². The highest BCUT2D eigenvalue weighted by Crippen LogP contribution is 2.45. The van der Waals surface area contributed by atoms with Gasteiger partial charge in [-0.2, -0.15) is 0 Å². The summed E-state index contributed by atoms with van der Waals surface area (Å²) in [6.07, 6.45) is 0. The van der Waals surface area contributed by atoms with E-state index in [0.29, 0.717) is 0 Å². The SMILES string of the molecule is [2H]c1cc2c(c([2H])c1[2H])c([2H])c([2H])c1c([2H])c([2H])c(-c3c4c([2H])c([2H])c([2H])c([2H])c4c(-c4c([2H])c([2H])c5oc6c([2H])c([2H])c([2H])c([2H])c6c5c4[2H])c4c([2H])c([2H])c([2H])c([2H])c34)c([2H])c12. The minimum absolute atomic E-state index is 0.227. The van der Waals surface area contributed by atoms with E-state index in [1.165, 1.54) is 0 Å². The molecule has 0 N–H and O–H groups in total. The molecule has 0 fully saturated rings. The van der Waals surface area contributed by atoms with Gasteiger partial charge in [-0.1, -0.05) is 121 Å². The van der Waals surface area contributed by atoms with Crippen molar-refractivity contribution in [2.75, 3.05) is 0 Å². The topological polar surface area (TPSA) is 13.1 Å². The average molecular weight is 544 g/mol. The fraction of sp³-hybridized carbons (Fsp3) is 0. The molecule has 0 radical (unpaired) electrons. The fourth-order valence-corrected chi connectivity index (χ4v) is 5.15. The summed E-state index contributed by atoms with van der Waals surface area (Å²) in [5.41, 5.74) is -3.58. The maximum absolute atomic E-state index is 9.72. The Bertz CT molecular complexity index is 3680. The molecule has 41 heavy (non-hydrogen) atoms. The molecule has 0 aliphatic carbocycles. The van der Waals surface area contributed by atoms with Gasteiger partial charge in [0.25, 0.3) is 0 Å². The summed E-state index contributed by atoms with van der Waals surface area (Å²) in [5, 5.41) is -4.76. The van der Waals surface area contributed by atoms with Gasteiger partial charge < -0.3 is 4.42 Å². The van der Waals surface area contributed by atoms with E-state index in [9.17, 15) is 12.3 Å². The molecule has 0 bridgehead atoms. The summed E-state index contributed by atoms with van der Waals surface area (Å²) in [4.78, 5) is 0. The van der Waals surface area contributed by atoms with Crippen molar-refractivity contribution in [3.8, 4) is 22.3 Å². The van der Waals surface area contributed by atoms with E-state index in [1.807, 2.05) is 0 Å².